The molecule has 1 unspecified atom stereocenters. The molecule has 1 aliphatic rings. The standard InChI is InChI=1S/C7H15NO2/c1-3-8-6-4-5-10-7(6)9-2/h6-8H,3-5H2,1-2H3/t6-,7?/m0/s1. The number of hydrogen-bond acceptors (Lipinski definition) is 3. The van der Waals surface area contributed by atoms with Gasteiger partial charge >= 0.3 is 0 Å². The van der Waals surface area contributed by atoms with E-state index in [1.54, 1.807) is 7.11 Å². The van der Waals surface area contributed by atoms with E-state index < -0.39 is 0 Å². The van der Waals surface area contributed by atoms with Gasteiger partial charge in [-0.25, -0.2) is 0 Å². The van der Waals surface area contributed by atoms with Crippen LogP contribution in [0.1, 0.15) is 13.3 Å². The summed E-state index contributed by atoms with van der Waals surface area (Å²) in [6.45, 7) is 3.88. The number of methoxy groups -OCH3 is 1. The Hall–Kier alpha value is -0.120. The topological polar surface area (TPSA) is 30.5 Å². The molecule has 0 saturated carbocycles. The third kappa shape index (κ3) is 1.68. The molecular weight excluding hydrogens is 130 g/mol. The van der Waals surface area contributed by atoms with Crippen LogP contribution in [0.4, 0.5) is 0 Å². The van der Waals surface area contributed by atoms with Crippen molar-refractivity contribution in [3.05, 3.63) is 0 Å². The van der Waals surface area contributed by atoms with Crippen LogP contribution in [0.3, 0.4) is 0 Å². The molecule has 0 aromatic heterocycles. The van der Waals surface area contributed by atoms with Crippen molar-refractivity contribution in [3.8, 4) is 0 Å². The van der Waals surface area contributed by atoms with Crippen molar-refractivity contribution in [2.75, 3.05) is 20.3 Å². The van der Waals surface area contributed by atoms with Gasteiger partial charge in [-0.15, -0.1) is 0 Å². The number of rotatable bonds is 3. The lowest BCUT2D eigenvalue weighted by molar-refractivity contribution is -0.0994. The molecule has 2 atom stereocenters. The van der Waals surface area contributed by atoms with Crippen molar-refractivity contribution in [2.24, 2.45) is 0 Å². The summed E-state index contributed by atoms with van der Waals surface area (Å²) >= 11 is 0. The van der Waals surface area contributed by atoms with Gasteiger partial charge in [0.2, 0.25) is 0 Å². The lowest BCUT2D eigenvalue weighted by atomic mass is 10.2. The van der Waals surface area contributed by atoms with Crippen LogP contribution in [0.5, 0.6) is 0 Å². The maximum atomic E-state index is 5.28. The zero-order valence-corrected chi connectivity index (χ0v) is 6.59. The van der Waals surface area contributed by atoms with Crippen molar-refractivity contribution in [1.29, 1.82) is 0 Å². The highest BCUT2D eigenvalue weighted by molar-refractivity contribution is 4.75. The van der Waals surface area contributed by atoms with Crippen LogP contribution < -0.4 is 5.32 Å². The summed E-state index contributed by atoms with van der Waals surface area (Å²) in [5.41, 5.74) is 0. The van der Waals surface area contributed by atoms with Gasteiger partial charge in [-0.3, -0.25) is 0 Å². The Kier molecular flexibility index (Phi) is 3.12. The lowest BCUT2D eigenvalue weighted by Gasteiger charge is -2.16. The molecule has 0 aromatic rings. The van der Waals surface area contributed by atoms with Crippen molar-refractivity contribution >= 4 is 0 Å². The third-order valence-corrected chi connectivity index (χ3v) is 1.74. The van der Waals surface area contributed by atoms with E-state index in [-0.39, 0.29) is 6.29 Å². The van der Waals surface area contributed by atoms with Crippen LogP contribution in [-0.4, -0.2) is 32.6 Å². The first-order chi connectivity index (χ1) is 4.88. The molecule has 60 valence electrons. The first-order valence-electron chi connectivity index (χ1n) is 3.76. The van der Waals surface area contributed by atoms with Crippen LogP contribution in [0.2, 0.25) is 0 Å². The smallest absolute Gasteiger partial charge is 0.172 e. The summed E-state index contributed by atoms with van der Waals surface area (Å²) in [7, 11) is 1.68. The lowest BCUT2D eigenvalue weighted by Crippen LogP contribution is -2.37. The Balaban J connectivity index is 2.27. The average molecular weight is 145 g/mol. The van der Waals surface area contributed by atoms with Gasteiger partial charge in [0.05, 0.1) is 12.6 Å². The van der Waals surface area contributed by atoms with Gasteiger partial charge in [0.25, 0.3) is 0 Å². The molecule has 0 aliphatic carbocycles. The predicted molar refractivity (Wildman–Crippen MR) is 38.8 cm³/mol. The normalized spacial score (nSPS) is 33.0. The average Bonchev–Trinajstić information content (AvgIpc) is 2.36. The minimum atomic E-state index is -0.0278. The highest BCUT2D eigenvalue weighted by atomic mass is 16.7. The molecule has 10 heavy (non-hydrogen) atoms. The summed E-state index contributed by atoms with van der Waals surface area (Å²) in [6.07, 6.45) is 1.03. The van der Waals surface area contributed by atoms with Crippen molar-refractivity contribution < 1.29 is 9.47 Å². The zero-order chi connectivity index (χ0) is 7.40. The van der Waals surface area contributed by atoms with Crippen LogP contribution in [0, 0.1) is 0 Å². The minimum absolute atomic E-state index is 0.0278. The monoisotopic (exact) mass is 145 g/mol. The molecule has 3 nitrogen and oxygen atoms in total. The Morgan fingerprint density at radius 3 is 3.10 bits per heavy atom. The molecule has 1 fully saturated rings. The Morgan fingerprint density at radius 2 is 2.50 bits per heavy atom. The molecule has 0 aromatic carbocycles. The van der Waals surface area contributed by atoms with Gasteiger partial charge in [-0.1, -0.05) is 6.92 Å². The van der Waals surface area contributed by atoms with E-state index in [1.165, 1.54) is 0 Å². The van der Waals surface area contributed by atoms with Gasteiger partial charge in [0, 0.05) is 7.11 Å². The fourth-order valence-electron chi connectivity index (χ4n) is 1.26. The van der Waals surface area contributed by atoms with E-state index in [0.717, 1.165) is 19.6 Å². The fourth-order valence-corrected chi connectivity index (χ4v) is 1.26. The van der Waals surface area contributed by atoms with E-state index in [2.05, 4.69) is 12.2 Å². The Bertz CT molecular complexity index is 97.6. The zero-order valence-electron chi connectivity index (χ0n) is 6.59. The molecule has 1 rings (SSSR count). The molecule has 1 aliphatic heterocycles. The Labute approximate surface area is 61.7 Å². The molecule has 3 heteroatoms. The Morgan fingerprint density at radius 1 is 1.70 bits per heavy atom. The maximum Gasteiger partial charge on any atom is 0.172 e. The highest BCUT2D eigenvalue weighted by Gasteiger charge is 2.26. The predicted octanol–water partition coefficient (Wildman–Crippen LogP) is 0.357. The van der Waals surface area contributed by atoms with Crippen LogP contribution in [-0.2, 0) is 9.47 Å². The summed E-state index contributed by atoms with van der Waals surface area (Å²) in [6, 6.07) is 0.398. The number of ether oxygens (including phenoxy) is 2. The van der Waals surface area contributed by atoms with E-state index in [9.17, 15) is 0 Å². The molecular formula is C7H15NO2. The second-order valence-electron chi connectivity index (χ2n) is 2.43. The highest BCUT2D eigenvalue weighted by Crippen LogP contribution is 2.13. The van der Waals surface area contributed by atoms with Crippen molar-refractivity contribution in [3.63, 3.8) is 0 Å². The number of hydrogen-bond donors (Lipinski definition) is 1. The summed E-state index contributed by atoms with van der Waals surface area (Å²) in [4.78, 5) is 0. The molecule has 0 radical (unpaired) electrons. The van der Waals surface area contributed by atoms with Crippen LogP contribution in [0.15, 0.2) is 0 Å². The van der Waals surface area contributed by atoms with E-state index in [4.69, 9.17) is 9.47 Å². The summed E-state index contributed by atoms with van der Waals surface area (Å²) in [5, 5.41) is 3.30. The second-order valence-corrected chi connectivity index (χ2v) is 2.43. The molecule has 1 saturated heterocycles. The molecule has 0 bridgehead atoms. The van der Waals surface area contributed by atoms with E-state index >= 15 is 0 Å². The number of likely N-dealkylation sites (N-methyl/N-ethyl adjacent to an activating group) is 1. The SMILES string of the molecule is CCN[C@H]1CCOC1OC. The third-order valence-electron chi connectivity index (χ3n) is 1.74. The second kappa shape index (κ2) is 3.91. The van der Waals surface area contributed by atoms with Gasteiger partial charge < -0.3 is 14.8 Å². The first kappa shape index (κ1) is 7.98. The molecule has 1 heterocycles. The molecule has 0 spiro atoms. The van der Waals surface area contributed by atoms with Gasteiger partial charge in [0.1, 0.15) is 0 Å². The number of nitrogens with one attached hydrogen (secondary N) is 1. The van der Waals surface area contributed by atoms with Gasteiger partial charge in [-0.2, -0.15) is 0 Å². The van der Waals surface area contributed by atoms with Crippen molar-refractivity contribution in [1.82, 2.24) is 5.32 Å². The quantitative estimate of drug-likeness (QED) is 0.622. The summed E-state index contributed by atoms with van der Waals surface area (Å²) in [5.74, 6) is 0. The van der Waals surface area contributed by atoms with Gasteiger partial charge in [0.15, 0.2) is 6.29 Å². The summed E-state index contributed by atoms with van der Waals surface area (Å²) < 4.78 is 10.4. The van der Waals surface area contributed by atoms with Crippen molar-refractivity contribution in [2.45, 2.75) is 25.7 Å². The maximum absolute atomic E-state index is 5.28. The van der Waals surface area contributed by atoms with E-state index in [1.807, 2.05) is 0 Å². The van der Waals surface area contributed by atoms with Crippen LogP contribution >= 0.6 is 0 Å². The van der Waals surface area contributed by atoms with Crippen LogP contribution in [0.25, 0.3) is 0 Å². The molecule has 1 N–H and O–H groups in total. The first-order valence-corrected chi connectivity index (χ1v) is 3.76. The van der Waals surface area contributed by atoms with Gasteiger partial charge in [-0.05, 0) is 13.0 Å². The molecule has 0 amide bonds. The van der Waals surface area contributed by atoms with E-state index in [0.29, 0.717) is 6.04 Å². The minimum Gasteiger partial charge on any atom is -0.354 e. The fraction of sp³-hybridized carbons (Fsp3) is 1.00. The largest absolute Gasteiger partial charge is 0.354 e.